The van der Waals surface area contributed by atoms with Gasteiger partial charge in [0.1, 0.15) is 6.04 Å². The maximum Gasteiger partial charge on any atom is 0.490 e. The van der Waals surface area contributed by atoms with Gasteiger partial charge in [-0.15, -0.1) is 0 Å². The van der Waals surface area contributed by atoms with Gasteiger partial charge in [0.15, 0.2) is 0 Å². The van der Waals surface area contributed by atoms with Crippen LogP contribution in [-0.4, -0.2) is 86.5 Å². The Hall–Kier alpha value is -3.21. The number of hydrogen-bond donors (Lipinski definition) is 3. The minimum Gasteiger partial charge on any atom is -0.475 e. The van der Waals surface area contributed by atoms with Crippen LogP contribution in [0.2, 0.25) is 0 Å². The number of carboxylic acids is 1. The lowest BCUT2D eigenvalue weighted by Crippen LogP contribution is -2.59. The number of nitrogens with two attached hydrogens (primary N) is 1. The van der Waals surface area contributed by atoms with E-state index in [9.17, 15) is 31.2 Å². The molecule has 16 heteroatoms. The second kappa shape index (κ2) is 14.1. The Kier molecular flexibility index (Phi) is 11.3. The van der Waals surface area contributed by atoms with E-state index in [1.165, 1.54) is 10.6 Å². The number of nitrogens with one attached hydrogen (secondary N) is 1. The van der Waals surface area contributed by atoms with Crippen molar-refractivity contribution in [2.75, 3.05) is 36.8 Å². The fourth-order valence-electron chi connectivity index (χ4n) is 5.08. The summed E-state index contributed by atoms with van der Waals surface area (Å²) in [5, 5.41) is 9.90. The van der Waals surface area contributed by atoms with Crippen molar-refractivity contribution in [3.8, 4) is 0 Å². The topological polar surface area (TPSA) is 159 Å². The number of aliphatic carboxylic acids is 1. The Balaban J connectivity index is 0.000000707. The highest BCUT2D eigenvalue weighted by Crippen LogP contribution is 2.48. The number of halogens is 4. The Bertz CT molecular complexity index is 1490. The lowest BCUT2D eigenvalue weighted by Gasteiger charge is -2.41. The van der Waals surface area contributed by atoms with Crippen molar-refractivity contribution in [1.82, 2.24) is 10.2 Å². The van der Waals surface area contributed by atoms with E-state index in [0.717, 1.165) is 15.6 Å². The van der Waals surface area contributed by atoms with Crippen LogP contribution in [0.4, 0.5) is 18.9 Å². The van der Waals surface area contributed by atoms with Crippen LogP contribution in [0.25, 0.3) is 0 Å². The summed E-state index contributed by atoms with van der Waals surface area (Å²) in [4.78, 5) is 36.9. The molecule has 0 saturated carbocycles. The molecule has 1 spiro atoms. The van der Waals surface area contributed by atoms with Crippen LogP contribution in [0.3, 0.4) is 0 Å². The average molecular weight is 722 g/mol. The minimum absolute atomic E-state index is 0.00876. The van der Waals surface area contributed by atoms with Gasteiger partial charge in [0, 0.05) is 29.5 Å². The molecule has 0 radical (unpaired) electrons. The molecule has 4 N–H and O–H groups in total. The quantitative estimate of drug-likeness (QED) is 0.375. The molecule has 4 rings (SSSR count). The molecule has 2 heterocycles. The number of amides is 2. The van der Waals surface area contributed by atoms with Crippen molar-refractivity contribution in [3.63, 3.8) is 0 Å². The normalized spacial score (nSPS) is 16.8. The number of nitrogens with zero attached hydrogens (tertiary/aromatic N) is 2. The summed E-state index contributed by atoms with van der Waals surface area (Å²) in [6.45, 7) is 4.70. The molecule has 1 atom stereocenters. The number of piperidine rings is 1. The van der Waals surface area contributed by atoms with Gasteiger partial charge in [-0.3, -0.25) is 13.9 Å². The molecule has 2 aromatic rings. The summed E-state index contributed by atoms with van der Waals surface area (Å²) >= 11 is 3.52. The molecule has 2 amide bonds. The number of likely N-dealkylation sites (tertiary alicyclic amines) is 1. The highest BCUT2D eigenvalue weighted by Gasteiger charge is 2.48. The highest BCUT2D eigenvalue weighted by molar-refractivity contribution is 9.10. The molecule has 0 bridgehead atoms. The smallest absolute Gasteiger partial charge is 0.475 e. The molecule has 1 unspecified atom stereocenters. The van der Waals surface area contributed by atoms with Crippen molar-refractivity contribution in [2.45, 2.75) is 56.5 Å². The number of hydrogen-bond acceptors (Lipinski definition) is 7. The number of anilines is 1. The van der Waals surface area contributed by atoms with Crippen molar-refractivity contribution in [2.24, 2.45) is 5.73 Å². The number of ether oxygens (including phenoxy) is 1. The second-order valence-electron chi connectivity index (χ2n) is 11.6. The van der Waals surface area contributed by atoms with E-state index in [0.29, 0.717) is 44.8 Å². The summed E-state index contributed by atoms with van der Waals surface area (Å²) in [6.07, 6.45) is -2.66. The number of carbonyl (C=O) groups is 3. The number of fused-ring (bicyclic) bond motifs is 2. The van der Waals surface area contributed by atoms with E-state index < -0.39 is 39.7 Å². The minimum atomic E-state index is -5.08. The molecule has 0 aromatic heterocycles. The number of carbonyl (C=O) groups excluding carboxylic acids is 2. The summed E-state index contributed by atoms with van der Waals surface area (Å²) < 4.78 is 65.0. The molecule has 45 heavy (non-hydrogen) atoms. The van der Waals surface area contributed by atoms with E-state index in [2.05, 4.69) is 21.2 Å². The third-order valence-corrected chi connectivity index (χ3v) is 9.12. The van der Waals surface area contributed by atoms with Gasteiger partial charge in [-0.25, -0.2) is 13.2 Å². The molecule has 0 aliphatic carbocycles. The van der Waals surface area contributed by atoms with Gasteiger partial charge in [0.05, 0.1) is 30.7 Å². The third-order valence-electron chi connectivity index (χ3n) is 7.50. The molecule has 248 valence electrons. The van der Waals surface area contributed by atoms with Crippen molar-refractivity contribution in [3.05, 3.63) is 64.1 Å². The molecular formula is C29H36BrF3N4O7S. The molecule has 2 aromatic carbocycles. The second-order valence-corrected chi connectivity index (χ2v) is 14.4. The zero-order valence-corrected chi connectivity index (χ0v) is 27.3. The van der Waals surface area contributed by atoms with Gasteiger partial charge in [0.25, 0.3) is 0 Å². The van der Waals surface area contributed by atoms with Crippen molar-refractivity contribution in [1.29, 1.82) is 0 Å². The molecule has 11 nitrogen and oxygen atoms in total. The van der Waals surface area contributed by atoms with Gasteiger partial charge >= 0.3 is 12.1 Å². The summed E-state index contributed by atoms with van der Waals surface area (Å²) in [6, 6.07) is 14.4. The predicted octanol–water partition coefficient (Wildman–Crippen LogP) is 3.16. The summed E-state index contributed by atoms with van der Waals surface area (Å²) in [5.74, 6) is -3.43. The summed E-state index contributed by atoms with van der Waals surface area (Å²) in [7, 11) is -3.45. The fraction of sp³-hybridized carbons (Fsp3) is 0.483. The van der Waals surface area contributed by atoms with E-state index in [1.807, 2.05) is 48.5 Å². The summed E-state index contributed by atoms with van der Waals surface area (Å²) in [5.41, 5.74) is 7.07. The Morgan fingerprint density at radius 1 is 1.11 bits per heavy atom. The van der Waals surface area contributed by atoms with Crippen LogP contribution >= 0.6 is 15.9 Å². The number of sulfonamides is 1. The molecule has 1 saturated heterocycles. The third kappa shape index (κ3) is 9.40. The monoisotopic (exact) mass is 720 g/mol. The first kappa shape index (κ1) is 36.3. The zero-order valence-electron chi connectivity index (χ0n) is 24.9. The number of carboxylic acid groups (broad SMARTS) is 1. The predicted molar refractivity (Wildman–Crippen MR) is 164 cm³/mol. The molecular weight excluding hydrogens is 685 g/mol. The highest BCUT2D eigenvalue weighted by atomic mass is 79.9. The van der Waals surface area contributed by atoms with Crippen molar-refractivity contribution >= 4 is 49.4 Å². The van der Waals surface area contributed by atoms with Crippen LogP contribution < -0.4 is 15.4 Å². The van der Waals surface area contributed by atoms with Crippen LogP contribution in [0.1, 0.15) is 37.8 Å². The first-order valence-corrected chi connectivity index (χ1v) is 16.5. The van der Waals surface area contributed by atoms with Crippen LogP contribution in [0.5, 0.6) is 0 Å². The van der Waals surface area contributed by atoms with Gasteiger partial charge in [-0.2, -0.15) is 13.2 Å². The first-order chi connectivity index (χ1) is 20.7. The van der Waals surface area contributed by atoms with E-state index >= 15 is 0 Å². The maximum absolute atomic E-state index is 13.6. The fourth-order valence-corrected chi connectivity index (χ4v) is 6.44. The van der Waals surface area contributed by atoms with Crippen molar-refractivity contribution < 1.29 is 45.8 Å². The Morgan fingerprint density at radius 3 is 2.20 bits per heavy atom. The number of benzene rings is 2. The van der Waals surface area contributed by atoms with Crippen LogP contribution in [0, 0.1) is 0 Å². The van der Waals surface area contributed by atoms with Crippen LogP contribution in [0.15, 0.2) is 53.0 Å². The lowest BCUT2D eigenvalue weighted by molar-refractivity contribution is -0.192. The van der Waals surface area contributed by atoms with E-state index in [4.69, 9.17) is 20.4 Å². The molecule has 2 aliphatic rings. The van der Waals surface area contributed by atoms with Crippen LogP contribution in [-0.2, 0) is 41.2 Å². The average Bonchev–Trinajstić information content (AvgIpc) is 3.25. The Morgan fingerprint density at radius 2 is 1.69 bits per heavy atom. The van der Waals surface area contributed by atoms with E-state index in [-0.39, 0.29) is 17.9 Å². The largest absolute Gasteiger partial charge is 0.490 e. The SMILES string of the molecule is CC(C)(N)C(=O)NC(COCc1ccccc1)C(=O)N1CCC2(CC1)CN(S(C)(=O)=O)c1ccc(Br)cc12.O=C(O)C(F)(F)F. The number of alkyl halides is 3. The standard InChI is InChI=1S/C27H35BrN4O5S.C2HF3O2/c1-26(2,29)25(34)30-22(17-37-16-19-7-5-4-6-8-19)24(33)31-13-11-27(12-14-31)18-32(38(3,35)36)23-10-9-20(28)15-21(23)27;3-2(4,5)1(6)7/h4-10,15,22H,11-14,16-18,29H2,1-3H3,(H,30,34);(H,6,7). The zero-order chi connectivity index (χ0) is 33.8. The van der Waals surface area contributed by atoms with Gasteiger partial charge in [0.2, 0.25) is 21.8 Å². The molecule has 1 fully saturated rings. The molecule has 2 aliphatic heterocycles. The van der Waals surface area contributed by atoms with Gasteiger partial charge in [-0.05, 0) is 56.0 Å². The maximum atomic E-state index is 13.6. The lowest BCUT2D eigenvalue weighted by atomic mass is 9.74. The first-order valence-electron chi connectivity index (χ1n) is 13.8. The van der Waals surface area contributed by atoms with Gasteiger partial charge in [-0.1, -0.05) is 46.3 Å². The number of rotatable bonds is 8. The Labute approximate surface area is 268 Å². The van der Waals surface area contributed by atoms with E-state index in [1.54, 1.807) is 18.7 Å². The van der Waals surface area contributed by atoms with Gasteiger partial charge < -0.3 is 25.8 Å².